The molecule has 1 aromatic rings. The highest BCUT2D eigenvalue weighted by molar-refractivity contribution is 7.88. The van der Waals surface area contributed by atoms with E-state index in [0.29, 0.717) is 5.75 Å². The average molecular weight is 300 g/mol. The number of benzene rings is 1. The molecular weight excluding hydrogens is 280 g/mol. The Hall–Kier alpha value is -1.60. The van der Waals surface area contributed by atoms with E-state index in [1.165, 1.54) is 0 Å². The fraction of sp³-hybridized carbons (Fsp3) is 0.462. The van der Waals surface area contributed by atoms with Gasteiger partial charge in [-0.2, -0.15) is 0 Å². The van der Waals surface area contributed by atoms with Crippen LogP contribution in [-0.2, 0) is 14.8 Å². The van der Waals surface area contributed by atoms with Crippen molar-refractivity contribution in [2.45, 2.75) is 13.8 Å². The number of ether oxygens (including phenoxy) is 1. The van der Waals surface area contributed by atoms with E-state index in [-0.39, 0.29) is 25.6 Å². The van der Waals surface area contributed by atoms with Crippen molar-refractivity contribution in [3.63, 3.8) is 0 Å². The maximum absolute atomic E-state index is 11.5. The molecule has 0 aliphatic rings. The number of aryl methyl sites for hydroxylation is 2. The molecule has 7 heteroatoms. The molecule has 0 radical (unpaired) electrons. The number of hydrogen-bond acceptors (Lipinski definition) is 4. The van der Waals surface area contributed by atoms with Crippen molar-refractivity contribution in [3.8, 4) is 5.75 Å². The van der Waals surface area contributed by atoms with Gasteiger partial charge in [0.25, 0.3) is 5.91 Å². The fourth-order valence-electron chi connectivity index (χ4n) is 1.59. The molecule has 0 aliphatic carbocycles. The number of hydrogen-bond donors (Lipinski definition) is 2. The minimum absolute atomic E-state index is 0.0945. The molecule has 0 aromatic heterocycles. The van der Waals surface area contributed by atoms with Crippen molar-refractivity contribution in [2.75, 3.05) is 26.0 Å². The molecule has 0 heterocycles. The predicted octanol–water partition coefficient (Wildman–Crippen LogP) is 0.348. The Bertz CT molecular complexity index is 570. The van der Waals surface area contributed by atoms with Crippen molar-refractivity contribution in [1.82, 2.24) is 10.0 Å². The quantitative estimate of drug-likeness (QED) is 0.712. The number of carbonyl (C=O) groups excluding carboxylic acids is 1. The van der Waals surface area contributed by atoms with Crippen LogP contribution in [0.4, 0.5) is 0 Å². The van der Waals surface area contributed by atoms with Crippen LogP contribution in [0.2, 0.25) is 0 Å². The molecule has 0 aliphatic heterocycles. The molecule has 1 aromatic carbocycles. The van der Waals surface area contributed by atoms with Crippen molar-refractivity contribution in [1.29, 1.82) is 0 Å². The van der Waals surface area contributed by atoms with Crippen LogP contribution in [0, 0.1) is 13.8 Å². The number of sulfonamides is 1. The van der Waals surface area contributed by atoms with E-state index in [1.807, 2.05) is 32.0 Å². The predicted molar refractivity (Wildman–Crippen MR) is 77.3 cm³/mol. The molecule has 0 spiro atoms. The lowest BCUT2D eigenvalue weighted by atomic mass is 10.1. The first-order chi connectivity index (χ1) is 9.28. The highest BCUT2D eigenvalue weighted by atomic mass is 32.2. The van der Waals surface area contributed by atoms with Crippen LogP contribution in [0.5, 0.6) is 5.75 Å². The lowest BCUT2D eigenvalue weighted by molar-refractivity contribution is -0.123. The van der Waals surface area contributed by atoms with Gasteiger partial charge in [0.2, 0.25) is 10.0 Å². The van der Waals surface area contributed by atoms with Crippen LogP contribution < -0.4 is 14.8 Å². The average Bonchev–Trinajstić information content (AvgIpc) is 2.32. The van der Waals surface area contributed by atoms with E-state index < -0.39 is 10.0 Å². The number of rotatable bonds is 7. The van der Waals surface area contributed by atoms with Gasteiger partial charge in [-0.25, -0.2) is 13.1 Å². The molecule has 6 nitrogen and oxygen atoms in total. The van der Waals surface area contributed by atoms with E-state index >= 15 is 0 Å². The van der Waals surface area contributed by atoms with Crippen molar-refractivity contribution in [3.05, 3.63) is 29.3 Å². The monoisotopic (exact) mass is 300 g/mol. The molecule has 0 bridgehead atoms. The highest BCUT2D eigenvalue weighted by Gasteiger charge is 2.05. The van der Waals surface area contributed by atoms with Gasteiger partial charge in [0.05, 0.1) is 6.26 Å². The van der Waals surface area contributed by atoms with Crippen LogP contribution >= 0.6 is 0 Å². The summed E-state index contributed by atoms with van der Waals surface area (Å²) >= 11 is 0. The van der Waals surface area contributed by atoms with Gasteiger partial charge < -0.3 is 10.1 Å². The summed E-state index contributed by atoms with van der Waals surface area (Å²) in [5.41, 5.74) is 2.10. The minimum Gasteiger partial charge on any atom is -0.484 e. The minimum atomic E-state index is -3.22. The molecule has 0 fully saturated rings. The number of amides is 1. The molecule has 1 amide bonds. The Balaban J connectivity index is 2.29. The lowest BCUT2D eigenvalue weighted by Crippen LogP contribution is -2.36. The van der Waals surface area contributed by atoms with Gasteiger partial charge in [-0.1, -0.05) is 17.7 Å². The summed E-state index contributed by atoms with van der Waals surface area (Å²) in [6.45, 7) is 4.19. The number of nitrogens with one attached hydrogen (secondary N) is 2. The van der Waals surface area contributed by atoms with Gasteiger partial charge in [0, 0.05) is 13.1 Å². The summed E-state index contributed by atoms with van der Waals surface area (Å²) in [5.74, 6) is 0.375. The number of carbonyl (C=O) groups is 1. The molecule has 0 saturated carbocycles. The SMILES string of the molecule is Cc1ccc(OCC(=O)NCCNS(C)(=O)=O)c(C)c1. The molecule has 0 atom stereocenters. The van der Waals surface area contributed by atoms with Crippen LogP contribution in [0.3, 0.4) is 0 Å². The largest absolute Gasteiger partial charge is 0.484 e. The first-order valence-electron chi connectivity index (χ1n) is 6.19. The van der Waals surface area contributed by atoms with Gasteiger partial charge in [0.1, 0.15) is 5.75 Å². The normalized spacial score (nSPS) is 11.2. The molecule has 1 rings (SSSR count). The van der Waals surface area contributed by atoms with Crippen LogP contribution in [0.1, 0.15) is 11.1 Å². The Morgan fingerprint density at radius 3 is 2.55 bits per heavy atom. The Kier molecular flexibility index (Phi) is 5.97. The van der Waals surface area contributed by atoms with E-state index in [4.69, 9.17) is 4.74 Å². The zero-order valence-electron chi connectivity index (χ0n) is 11.9. The molecule has 0 unspecified atom stereocenters. The van der Waals surface area contributed by atoms with Crippen LogP contribution in [-0.4, -0.2) is 40.3 Å². The van der Waals surface area contributed by atoms with Crippen molar-refractivity contribution >= 4 is 15.9 Å². The summed E-state index contributed by atoms with van der Waals surface area (Å²) in [4.78, 5) is 11.5. The third-order valence-corrected chi connectivity index (χ3v) is 3.23. The molecular formula is C13H20N2O4S. The summed E-state index contributed by atoms with van der Waals surface area (Å²) in [6.07, 6.45) is 1.07. The summed E-state index contributed by atoms with van der Waals surface area (Å²) in [5, 5.41) is 2.57. The summed E-state index contributed by atoms with van der Waals surface area (Å²) in [7, 11) is -3.22. The van der Waals surface area contributed by atoms with Gasteiger partial charge in [-0.15, -0.1) is 0 Å². The second kappa shape index (κ2) is 7.25. The topological polar surface area (TPSA) is 84.5 Å². The van der Waals surface area contributed by atoms with Gasteiger partial charge >= 0.3 is 0 Å². The fourth-order valence-corrected chi connectivity index (χ4v) is 2.07. The van der Waals surface area contributed by atoms with Gasteiger partial charge in [-0.05, 0) is 25.5 Å². The van der Waals surface area contributed by atoms with Gasteiger partial charge in [0.15, 0.2) is 6.61 Å². The third kappa shape index (κ3) is 6.53. The standard InChI is InChI=1S/C13H20N2O4S/c1-10-4-5-12(11(2)8-10)19-9-13(16)14-6-7-15-20(3,17)18/h4-5,8,15H,6-7,9H2,1-3H3,(H,14,16). The molecule has 112 valence electrons. The van der Waals surface area contributed by atoms with Crippen molar-refractivity contribution in [2.24, 2.45) is 0 Å². The first kappa shape index (κ1) is 16.5. The second-order valence-corrected chi connectivity index (χ2v) is 6.41. The Morgan fingerprint density at radius 2 is 1.95 bits per heavy atom. The van der Waals surface area contributed by atoms with Crippen molar-refractivity contribution < 1.29 is 17.9 Å². The van der Waals surface area contributed by atoms with Crippen LogP contribution in [0.15, 0.2) is 18.2 Å². The maximum Gasteiger partial charge on any atom is 0.257 e. The lowest BCUT2D eigenvalue weighted by Gasteiger charge is -2.10. The third-order valence-electron chi connectivity index (χ3n) is 2.50. The smallest absolute Gasteiger partial charge is 0.257 e. The zero-order valence-corrected chi connectivity index (χ0v) is 12.7. The van der Waals surface area contributed by atoms with E-state index in [1.54, 1.807) is 0 Å². The zero-order chi connectivity index (χ0) is 15.2. The Morgan fingerprint density at radius 1 is 1.25 bits per heavy atom. The van der Waals surface area contributed by atoms with E-state index in [9.17, 15) is 13.2 Å². The summed E-state index contributed by atoms with van der Waals surface area (Å²) in [6, 6.07) is 5.71. The van der Waals surface area contributed by atoms with Crippen LogP contribution in [0.25, 0.3) is 0 Å². The summed E-state index contributed by atoms with van der Waals surface area (Å²) < 4.78 is 29.3. The first-order valence-corrected chi connectivity index (χ1v) is 8.08. The van der Waals surface area contributed by atoms with E-state index in [2.05, 4.69) is 10.0 Å². The molecule has 20 heavy (non-hydrogen) atoms. The van der Waals surface area contributed by atoms with Gasteiger partial charge in [-0.3, -0.25) is 4.79 Å². The Labute approximate surface area is 119 Å². The molecule has 2 N–H and O–H groups in total. The maximum atomic E-state index is 11.5. The molecule has 0 saturated heterocycles. The second-order valence-electron chi connectivity index (χ2n) is 4.57. The van der Waals surface area contributed by atoms with E-state index in [0.717, 1.165) is 17.4 Å². The highest BCUT2D eigenvalue weighted by Crippen LogP contribution is 2.18.